The van der Waals surface area contributed by atoms with Crippen molar-refractivity contribution in [2.45, 2.75) is 91.6 Å². The molecule has 0 aliphatic heterocycles. The SMILES string of the molecule is CC(C)CCCCc1cn(CCCCCC(=O)NC(C)C)nn1. The first-order valence-electron chi connectivity index (χ1n) is 9.15. The number of aryl methyl sites for hydroxylation is 2. The molecule has 23 heavy (non-hydrogen) atoms. The summed E-state index contributed by atoms with van der Waals surface area (Å²) in [6.07, 6.45) is 10.5. The molecule has 0 saturated heterocycles. The van der Waals surface area contributed by atoms with Crippen LogP contribution in [0.25, 0.3) is 0 Å². The van der Waals surface area contributed by atoms with E-state index in [2.05, 4.69) is 35.7 Å². The Balaban J connectivity index is 2.08. The van der Waals surface area contributed by atoms with Crippen molar-refractivity contribution in [2.24, 2.45) is 5.92 Å². The lowest BCUT2D eigenvalue weighted by Crippen LogP contribution is -2.29. The second kappa shape index (κ2) is 11.2. The molecule has 1 rings (SSSR count). The zero-order valence-electron chi connectivity index (χ0n) is 15.3. The normalized spacial score (nSPS) is 11.4. The quantitative estimate of drug-likeness (QED) is 0.596. The molecule has 1 aromatic rings. The minimum absolute atomic E-state index is 0.157. The number of unbranched alkanes of at least 4 members (excludes halogenated alkanes) is 3. The number of hydrogen-bond acceptors (Lipinski definition) is 3. The first-order chi connectivity index (χ1) is 11.0. The maximum absolute atomic E-state index is 11.5. The van der Waals surface area contributed by atoms with E-state index in [1.807, 2.05) is 18.5 Å². The third-order valence-corrected chi connectivity index (χ3v) is 3.79. The highest BCUT2D eigenvalue weighted by molar-refractivity contribution is 5.76. The van der Waals surface area contributed by atoms with Crippen molar-refractivity contribution in [1.82, 2.24) is 20.3 Å². The van der Waals surface area contributed by atoms with Crippen molar-refractivity contribution in [2.75, 3.05) is 0 Å². The zero-order chi connectivity index (χ0) is 17.1. The largest absolute Gasteiger partial charge is 0.354 e. The molecule has 0 radical (unpaired) electrons. The van der Waals surface area contributed by atoms with Crippen LogP contribution in [0.15, 0.2) is 6.20 Å². The Morgan fingerprint density at radius 3 is 2.61 bits per heavy atom. The van der Waals surface area contributed by atoms with Crippen LogP contribution in [0.5, 0.6) is 0 Å². The van der Waals surface area contributed by atoms with Crippen molar-refractivity contribution in [3.63, 3.8) is 0 Å². The number of nitrogens with one attached hydrogen (secondary N) is 1. The molecule has 1 N–H and O–H groups in total. The lowest BCUT2D eigenvalue weighted by molar-refractivity contribution is -0.121. The van der Waals surface area contributed by atoms with Gasteiger partial charge in [-0.05, 0) is 45.4 Å². The Kier molecular flexibility index (Phi) is 9.57. The molecule has 0 aliphatic carbocycles. The molecule has 0 bridgehead atoms. The maximum Gasteiger partial charge on any atom is 0.220 e. The molecule has 1 heterocycles. The summed E-state index contributed by atoms with van der Waals surface area (Å²) >= 11 is 0. The summed E-state index contributed by atoms with van der Waals surface area (Å²) in [5, 5.41) is 11.4. The van der Waals surface area contributed by atoms with Crippen LogP contribution < -0.4 is 5.32 Å². The molecule has 5 heteroatoms. The van der Waals surface area contributed by atoms with E-state index in [-0.39, 0.29) is 11.9 Å². The predicted octanol–water partition coefficient (Wildman–Crippen LogP) is 3.73. The van der Waals surface area contributed by atoms with E-state index >= 15 is 0 Å². The van der Waals surface area contributed by atoms with Crippen LogP contribution in [-0.4, -0.2) is 26.9 Å². The number of amides is 1. The minimum atomic E-state index is 0.157. The minimum Gasteiger partial charge on any atom is -0.354 e. The van der Waals surface area contributed by atoms with Crippen molar-refractivity contribution in [3.8, 4) is 0 Å². The monoisotopic (exact) mass is 322 g/mol. The van der Waals surface area contributed by atoms with Gasteiger partial charge in [-0.15, -0.1) is 5.10 Å². The van der Waals surface area contributed by atoms with Gasteiger partial charge in [0.25, 0.3) is 0 Å². The van der Waals surface area contributed by atoms with E-state index in [1.165, 1.54) is 19.3 Å². The van der Waals surface area contributed by atoms with E-state index in [9.17, 15) is 4.79 Å². The molecule has 0 spiro atoms. The smallest absolute Gasteiger partial charge is 0.220 e. The highest BCUT2D eigenvalue weighted by Crippen LogP contribution is 2.09. The Bertz CT molecular complexity index is 440. The van der Waals surface area contributed by atoms with Crippen LogP contribution in [-0.2, 0) is 17.8 Å². The van der Waals surface area contributed by atoms with Gasteiger partial charge < -0.3 is 5.32 Å². The van der Waals surface area contributed by atoms with Crippen molar-refractivity contribution >= 4 is 5.91 Å². The molecular formula is C18H34N4O. The highest BCUT2D eigenvalue weighted by Gasteiger charge is 2.04. The van der Waals surface area contributed by atoms with Gasteiger partial charge in [0.1, 0.15) is 0 Å². The van der Waals surface area contributed by atoms with Gasteiger partial charge in [0, 0.05) is 25.2 Å². The summed E-state index contributed by atoms with van der Waals surface area (Å²) in [6, 6.07) is 0.233. The molecule has 132 valence electrons. The summed E-state index contributed by atoms with van der Waals surface area (Å²) in [7, 11) is 0. The van der Waals surface area contributed by atoms with Crippen LogP contribution in [0, 0.1) is 5.92 Å². The van der Waals surface area contributed by atoms with E-state index in [4.69, 9.17) is 0 Å². The molecule has 0 saturated carbocycles. The molecule has 0 fully saturated rings. The molecule has 1 amide bonds. The fraction of sp³-hybridized carbons (Fsp3) is 0.833. The molecule has 0 unspecified atom stereocenters. The van der Waals surface area contributed by atoms with E-state index < -0.39 is 0 Å². The van der Waals surface area contributed by atoms with Crippen LogP contribution in [0.2, 0.25) is 0 Å². The molecule has 0 aliphatic rings. The van der Waals surface area contributed by atoms with Gasteiger partial charge in [0.15, 0.2) is 0 Å². The lowest BCUT2D eigenvalue weighted by Gasteiger charge is -2.07. The summed E-state index contributed by atoms with van der Waals surface area (Å²) in [4.78, 5) is 11.5. The fourth-order valence-electron chi connectivity index (χ4n) is 2.55. The first kappa shape index (κ1) is 19.7. The topological polar surface area (TPSA) is 59.8 Å². The molecular weight excluding hydrogens is 288 g/mol. The number of carbonyl (C=O) groups excluding carboxylic acids is 1. The molecule has 0 atom stereocenters. The first-order valence-corrected chi connectivity index (χ1v) is 9.15. The van der Waals surface area contributed by atoms with Crippen molar-refractivity contribution in [1.29, 1.82) is 0 Å². The van der Waals surface area contributed by atoms with Crippen molar-refractivity contribution < 1.29 is 4.79 Å². The number of aromatic nitrogens is 3. The van der Waals surface area contributed by atoms with Crippen LogP contribution in [0.1, 0.15) is 78.3 Å². The maximum atomic E-state index is 11.5. The Hall–Kier alpha value is -1.39. The Morgan fingerprint density at radius 1 is 1.13 bits per heavy atom. The fourth-order valence-corrected chi connectivity index (χ4v) is 2.55. The number of carbonyl (C=O) groups is 1. The second-order valence-corrected chi connectivity index (χ2v) is 7.15. The van der Waals surface area contributed by atoms with Crippen LogP contribution >= 0.6 is 0 Å². The van der Waals surface area contributed by atoms with Gasteiger partial charge in [-0.3, -0.25) is 9.48 Å². The molecule has 5 nitrogen and oxygen atoms in total. The third-order valence-electron chi connectivity index (χ3n) is 3.79. The van der Waals surface area contributed by atoms with Gasteiger partial charge >= 0.3 is 0 Å². The summed E-state index contributed by atoms with van der Waals surface area (Å²) in [6.45, 7) is 9.41. The van der Waals surface area contributed by atoms with Gasteiger partial charge in [-0.2, -0.15) is 0 Å². The predicted molar refractivity (Wildman–Crippen MR) is 94.2 cm³/mol. The van der Waals surface area contributed by atoms with Gasteiger partial charge in [0.05, 0.1) is 5.69 Å². The standard InChI is InChI=1S/C18H34N4O/c1-15(2)10-7-8-11-17-14-22(21-20-17)13-9-5-6-12-18(23)19-16(3)4/h14-16H,5-13H2,1-4H3,(H,19,23). The van der Waals surface area contributed by atoms with E-state index in [1.54, 1.807) is 0 Å². The van der Waals surface area contributed by atoms with Crippen LogP contribution in [0.4, 0.5) is 0 Å². The average Bonchev–Trinajstić information content (AvgIpc) is 2.90. The Morgan fingerprint density at radius 2 is 1.91 bits per heavy atom. The zero-order valence-corrected chi connectivity index (χ0v) is 15.3. The van der Waals surface area contributed by atoms with Gasteiger partial charge in [-0.25, -0.2) is 0 Å². The average molecular weight is 322 g/mol. The molecule has 0 aromatic carbocycles. The number of hydrogen-bond donors (Lipinski definition) is 1. The number of rotatable bonds is 12. The van der Waals surface area contributed by atoms with Gasteiger partial charge in [0.2, 0.25) is 5.91 Å². The summed E-state index contributed by atoms with van der Waals surface area (Å²) in [5.74, 6) is 0.942. The summed E-state index contributed by atoms with van der Waals surface area (Å²) < 4.78 is 1.94. The lowest BCUT2D eigenvalue weighted by atomic mass is 10.0. The Labute approximate surface area is 141 Å². The van der Waals surface area contributed by atoms with Crippen molar-refractivity contribution in [3.05, 3.63) is 11.9 Å². The van der Waals surface area contributed by atoms with Crippen LogP contribution in [0.3, 0.4) is 0 Å². The number of nitrogens with zero attached hydrogens (tertiary/aromatic N) is 3. The molecule has 1 aromatic heterocycles. The van der Waals surface area contributed by atoms with E-state index in [0.717, 1.165) is 43.8 Å². The van der Waals surface area contributed by atoms with E-state index in [0.29, 0.717) is 6.42 Å². The highest BCUT2D eigenvalue weighted by atomic mass is 16.1. The second-order valence-electron chi connectivity index (χ2n) is 7.15. The third kappa shape index (κ3) is 10.1. The van der Waals surface area contributed by atoms with Gasteiger partial charge in [-0.1, -0.05) is 38.3 Å². The summed E-state index contributed by atoms with van der Waals surface area (Å²) in [5.41, 5.74) is 1.10.